The van der Waals surface area contributed by atoms with E-state index in [1.807, 2.05) is 0 Å². The van der Waals surface area contributed by atoms with Gasteiger partial charge in [0, 0.05) is 43.1 Å². The molecule has 0 saturated carbocycles. The molecule has 1 aliphatic heterocycles. The van der Waals surface area contributed by atoms with E-state index >= 15 is 0 Å². The van der Waals surface area contributed by atoms with Gasteiger partial charge in [-0.15, -0.1) is 0 Å². The molecule has 1 heterocycles. The molecule has 0 aromatic heterocycles. The number of carbonyl (C=O) groups excluding carboxylic acids is 2. The molecule has 0 bridgehead atoms. The summed E-state index contributed by atoms with van der Waals surface area (Å²) in [6.07, 6.45) is 0.716. The second kappa shape index (κ2) is 7.79. The number of esters is 1. The Hall–Kier alpha value is -2.19. The number of benzene rings is 1. The molecule has 1 N–H and O–H groups in total. The van der Waals surface area contributed by atoms with Crippen molar-refractivity contribution >= 4 is 21.9 Å². The number of amides is 1. The fourth-order valence-corrected chi connectivity index (χ4v) is 3.34. The summed E-state index contributed by atoms with van der Waals surface area (Å²) in [6, 6.07) is 5.01. The third-order valence-electron chi connectivity index (χ3n) is 4.13. The predicted molar refractivity (Wildman–Crippen MR) is 93.6 cm³/mol. The molecule has 8 heteroatoms. The van der Waals surface area contributed by atoms with Gasteiger partial charge < -0.3 is 9.64 Å². The van der Waals surface area contributed by atoms with Gasteiger partial charge in [-0.2, -0.15) is 0 Å². The number of hydrogen-bond donors (Lipinski definition) is 1. The van der Waals surface area contributed by atoms with Crippen molar-refractivity contribution in [3.05, 3.63) is 41.3 Å². The lowest BCUT2D eigenvalue weighted by atomic mass is 10.1. The van der Waals surface area contributed by atoms with Gasteiger partial charge in [-0.1, -0.05) is 12.6 Å². The van der Waals surface area contributed by atoms with Crippen LogP contribution in [0.25, 0.3) is 0 Å². The molecule has 1 fully saturated rings. The molecule has 7 nitrogen and oxygen atoms in total. The quantitative estimate of drug-likeness (QED) is 0.607. The number of rotatable bonds is 6. The topological polar surface area (TPSA) is 92.8 Å². The summed E-state index contributed by atoms with van der Waals surface area (Å²) < 4.78 is 30.4. The number of nitrogens with one attached hydrogen (secondary N) is 1. The van der Waals surface area contributed by atoms with Crippen LogP contribution in [0.3, 0.4) is 0 Å². The van der Waals surface area contributed by atoms with E-state index in [0.717, 1.165) is 5.41 Å². The van der Waals surface area contributed by atoms with Crippen LogP contribution in [-0.2, 0) is 14.8 Å². The highest BCUT2D eigenvalue weighted by atomic mass is 32.2. The molecular formula is C17H22N2O5S. The first-order valence-corrected chi connectivity index (χ1v) is 9.47. The van der Waals surface area contributed by atoms with Gasteiger partial charge in [-0.25, -0.2) is 13.1 Å². The van der Waals surface area contributed by atoms with Crippen molar-refractivity contribution in [2.24, 2.45) is 5.92 Å². The average molecular weight is 366 g/mol. The zero-order chi connectivity index (χ0) is 18.6. The lowest BCUT2D eigenvalue weighted by molar-refractivity contribution is -0.131. The Kier molecular flexibility index (Phi) is 5.97. The van der Waals surface area contributed by atoms with E-state index in [1.54, 1.807) is 30.0 Å². The smallest absolute Gasteiger partial charge is 0.308 e. The Bertz CT molecular complexity index is 788. The number of nitrogens with zero attached hydrogens (tertiary/aromatic N) is 1. The molecule has 25 heavy (non-hydrogen) atoms. The summed E-state index contributed by atoms with van der Waals surface area (Å²) in [5.41, 5.74) is 1.09. The highest BCUT2D eigenvalue weighted by Gasteiger charge is 2.28. The highest BCUT2D eigenvalue weighted by molar-refractivity contribution is 7.92. The van der Waals surface area contributed by atoms with Crippen LogP contribution in [0.1, 0.15) is 29.3 Å². The number of sulfonamides is 1. The molecule has 1 amide bonds. The maximum absolute atomic E-state index is 12.7. The largest absolute Gasteiger partial charge is 0.426 e. The minimum absolute atomic E-state index is 0.0515. The van der Waals surface area contributed by atoms with Crippen LogP contribution in [0.4, 0.5) is 0 Å². The van der Waals surface area contributed by atoms with E-state index < -0.39 is 16.0 Å². The van der Waals surface area contributed by atoms with Crippen LogP contribution in [-0.4, -0.2) is 44.8 Å². The van der Waals surface area contributed by atoms with Crippen molar-refractivity contribution in [1.82, 2.24) is 9.62 Å². The molecule has 0 radical (unpaired) electrons. The summed E-state index contributed by atoms with van der Waals surface area (Å²) in [6.45, 7) is 7.58. The number of likely N-dealkylation sites (tertiary alicyclic amines) is 1. The Morgan fingerprint density at radius 1 is 1.44 bits per heavy atom. The van der Waals surface area contributed by atoms with Crippen molar-refractivity contribution in [3.63, 3.8) is 0 Å². The third kappa shape index (κ3) is 4.90. The minimum Gasteiger partial charge on any atom is -0.426 e. The first-order valence-electron chi connectivity index (χ1n) is 7.93. The zero-order valence-electron chi connectivity index (χ0n) is 14.3. The van der Waals surface area contributed by atoms with Crippen LogP contribution in [0.5, 0.6) is 5.75 Å². The zero-order valence-corrected chi connectivity index (χ0v) is 15.1. The van der Waals surface area contributed by atoms with Crippen molar-refractivity contribution in [1.29, 1.82) is 0 Å². The van der Waals surface area contributed by atoms with Crippen molar-refractivity contribution in [3.8, 4) is 5.75 Å². The van der Waals surface area contributed by atoms with Gasteiger partial charge in [-0.05, 0) is 31.4 Å². The van der Waals surface area contributed by atoms with E-state index in [4.69, 9.17) is 4.74 Å². The molecule has 2 rings (SSSR count). The van der Waals surface area contributed by atoms with Crippen molar-refractivity contribution in [2.45, 2.75) is 20.3 Å². The van der Waals surface area contributed by atoms with Crippen molar-refractivity contribution < 1.29 is 22.7 Å². The van der Waals surface area contributed by atoms with Crippen LogP contribution in [0.15, 0.2) is 30.2 Å². The first kappa shape index (κ1) is 19.1. The maximum atomic E-state index is 12.7. The summed E-state index contributed by atoms with van der Waals surface area (Å²) in [7, 11) is -3.46. The second-order valence-corrected chi connectivity index (χ2v) is 7.70. The van der Waals surface area contributed by atoms with Crippen LogP contribution in [0.2, 0.25) is 0 Å². The summed E-state index contributed by atoms with van der Waals surface area (Å²) in [5, 5.41) is 0.870. The Labute approximate surface area is 147 Å². The molecule has 0 spiro atoms. The van der Waals surface area contributed by atoms with Gasteiger partial charge in [0.25, 0.3) is 5.91 Å². The molecular weight excluding hydrogens is 344 g/mol. The molecule has 0 aliphatic carbocycles. The fraction of sp³-hybridized carbons (Fsp3) is 0.412. The van der Waals surface area contributed by atoms with E-state index in [2.05, 4.69) is 11.3 Å². The van der Waals surface area contributed by atoms with Gasteiger partial charge in [0.1, 0.15) is 5.75 Å². The number of ether oxygens (including phenoxy) is 1. The van der Waals surface area contributed by atoms with Gasteiger partial charge >= 0.3 is 5.97 Å². The lowest BCUT2D eigenvalue weighted by Crippen LogP contribution is -2.32. The minimum atomic E-state index is -3.46. The number of hydrogen-bond acceptors (Lipinski definition) is 5. The van der Waals surface area contributed by atoms with Gasteiger partial charge in [0.05, 0.1) is 0 Å². The highest BCUT2D eigenvalue weighted by Crippen LogP contribution is 2.25. The molecule has 136 valence electrons. The molecule has 1 atom stereocenters. The lowest BCUT2D eigenvalue weighted by Gasteiger charge is -2.19. The number of carbonyl (C=O) groups is 2. The molecule has 1 saturated heterocycles. The Balaban J connectivity index is 2.05. The van der Waals surface area contributed by atoms with E-state index in [-0.39, 0.29) is 18.4 Å². The van der Waals surface area contributed by atoms with Crippen molar-refractivity contribution in [2.75, 3.05) is 19.6 Å². The predicted octanol–water partition coefficient (Wildman–Crippen LogP) is 1.45. The van der Waals surface area contributed by atoms with Gasteiger partial charge in [0.15, 0.2) is 0 Å². The third-order valence-corrected chi connectivity index (χ3v) is 5.14. The van der Waals surface area contributed by atoms with Crippen LogP contribution in [0, 0.1) is 12.8 Å². The SMILES string of the molecule is C=CS(=O)(=O)NCC1CCN(C(=O)c2cccc(OC(C)=O)c2C)C1. The van der Waals surface area contributed by atoms with E-state index in [0.29, 0.717) is 36.4 Å². The summed E-state index contributed by atoms with van der Waals surface area (Å²) in [4.78, 5) is 25.6. The molecule has 1 aromatic carbocycles. The van der Waals surface area contributed by atoms with Crippen LogP contribution >= 0.6 is 0 Å². The monoisotopic (exact) mass is 366 g/mol. The van der Waals surface area contributed by atoms with Crippen LogP contribution < -0.4 is 9.46 Å². The average Bonchev–Trinajstić information content (AvgIpc) is 3.03. The maximum Gasteiger partial charge on any atom is 0.308 e. The van der Waals surface area contributed by atoms with Gasteiger partial charge in [-0.3, -0.25) is 9.59 Å². The first-order chi connectivity index (χ1) is 11.7. The van der Waals surface area contributed by atoms with E-state index in [9.17, 15) is 18.0 Å². The second-order valence-electron chi connectivity index (χ2n) is 5.99. The normalized spacial score (nSPS) is 17.4. The van der Waals surface area contributed by atoms with Gasteiger partial charge in [0.2, 0.25) is 10.0 Å². The molecule has 1 aromatic rings. The molecule has 1 aliphatic rings. The standard InChI is InChI=1S/C17H22N2O5S/c1-4-25(22,23)18-10-14-8-9-19(11-14)17(21)15-6-5-7-16(12(15)2)24-13(3)20/h4-7,14,18H,1,8-11H2,2-3H3. The molecule has 1 unspecified atom stereocenters. The summed E-state index contributed by atoms with van der Waals surface area (Å²) in [5.74, 6) is -0.174. The Morgan fingerprint density at radius 3 is 2.80 bits per heavy atom. The van der Waals surface area contributed by atoms with E-state index in [1.165, 1.54) is 6.92 Å². The summed E-state index contributed by atoms with van der Waals surface area (Å²) >= 11 is 0. The Morgan fingerprint density at radius 2 is 2.16 bits per heavy atom. The fourth-order valence-electron chi connectivity index (χ4n) is 2.76.